The van der Waals surface area contributed by atoms with Gasteiger partial charge in [0.2, 0.25) is 0 Å². The van der Waals surface area contributed by atoms with Crippen molar-refractivity contribution in [2.75, 3.05) is 19.2 Å². The van der Waals surface area contributed by atoms with Crippen molar-refractivity contribution in [2.24, 2.45) is 23.7 Å². The third-order valence-electron chi connectivity index (χ3n) is 6.77. The summed E-state index contributed by atoms with van der Waals surface area (Å²) >= 11 is 0.910. The first-order chi connectivity index (χ1) is 18.7. The fourth-order valence-electron chi connectivity index (χ4n) is 5.25. The van der Waals surface area contributed by atoms with Crippen molar-refractivity contribution >= 4 is 48.4 Å². The summed E-state index contributed by atoms with van der Waals surface area (Å²) in [5.74, 6) is -9.98. The number of fused-ring (bicyclic) bond motifs is 1. The smallest absolute Gasteiger partial charge is 0.481 e. The fraction of sp³-hybridized carbons (Fsp3) is 0.600. The van der Waals surface area contributed by atoms with Crippen LogP contribution in [-0.2, 0) is 28.5 Å². The molecule has 16 heteroatoms. The molecular formula is C25H32ClF2NO11S. The summed E-state index contributed by atoms with van der Waals surface area (Å²) in [5.41, 5.74) is -2.23. The lowest BCUT2D eigenvalue weighted by Crippen LogP contribution is -2.63. The summed E-state index contributed by atoms with van der Waals surface area (Å²) in [6.45, 7) is 4.56. The number of carbonyl (C=O) groups excluding carboxylic acids is 2. The highest BCUT2D eigenvalue weighted by Crippen LogP contribution is 2.67. The van der Waals surface area contributed by atoms with E-state index in [0.717, 1.165) is 28.8 Å². The van der Waals surface area contributed by atoms with Gasteiger partial charge in [0, 0.05) is 28.4 Å². The number of carboxylic acids is 2. The number of hydrogen-bond donors (Lipinski definition) is 3. The number of nitrogens with zero attached hydrogens (tertiary/aromatic N) is 1. The minimum absolute atomic E-state index is 0. The number of benzene rings is 1. The number of rotatable bonds is 12. The Kier molecular flexibility index (Phi) is 11.6. The van der Waals surface area contributed by atoms with E-state index in [9.17, 15) is 43.3 Å². The van der Waals surface area contributed by atoms with Gasteiger partial charge in [-0.05, 0) is 45.9 Å². The van der Waals surface area contributed by atoms with Gasteiger partial charge in [-0.15, -0.1) is 24.2 Å². The predicted octanol–water partition coefficient (Wildman–Crippen LogP) is 3.58. The summed E-state index contributed by atoms with van der Waals surface area (Å²) in [7, 11) is 0. The molecule has 0 heterocycles. The van der Waals surface area contributed by atoms with Gasteiger partial charge in [0.25, 0.3) is 0 Å². The standard InChI is InChI=1S/C25H31F2NO11S.ClH/c1-11(2)38-23(34)36-9-28(10-37-24(35)39-12(3)4)25(22(32)33)14(20(29)17-18(19(17)25)21(30)31)8-40-13-5-6-15(26)16(27)7-13;/h5-7,11-12,14,17-20,29H,8-10H2,1-4H3,(H,30,31)(H,32,33);1H/t14-,17+,18+,19+,20-,25+;/m1./s1. The number of aliphatic hydroxyl groups excluding tert-OH is 1. The number of ether oxygens (including phenoxy) is 4. The summed E-state index contributed by atoms with van der Waals surface area (Å²) in [6, 6.07) is 3.06. The van der Waals surface area contributed by atoms with Crippen LogP contribution in [0.15, 0.2) is 23.1 Å². The monoisotopic (exact) mass is 627 g/mol. The first-order valence-electron chi connectivity index (χ1n) is 12.4. The van der Waals surface area contributed by atoms with E-state index >= 15 is 0 Å². The summed E-state index contributed by atoms with van der Waals surface area (Å²) in [5, 5.41) is 31.5. The molecule has 3 N–H and O–H groups in total. The van der Waals surface area contributed by atoms with Gasteiger partial charge in [0.1, 0.15) is 5.54 Å². The summed E-state index contributed by atoms with van der Waals surface area (Å²) in [6.07, 6.45) is -4.96. The maximum Gasteiger partial charge on any atom is 0.509 e. The minimum Gasteiger partial charge on any atom is -0.481 e. The second-order valence-corrected chi connectivity index (χ2v) is 11.1. The molecule has 0 saturated heterocycles. The van der Waals surface area contributed by atoms with Gasteiger partial charge in [-0.2, -0.15) is 0 Å². The number of carboxylic acid groups (broad SMARTS) is 2. The van der Waals surface area contributed by atoms with E-state index in [1.54, 1.807) is 27.7 Å². The second kappa shape index (κ2) is 13.9. The average Bonchev–Trinajstić information content (AvgIpc) is 3.53. The normalized spacial score (nSPS) is 26.2. The molecule has 230 valence electrons. The van der Waals surface area contributed by atoms with Crippen LogP contribution in [0.2, 0.25) is 0 Å². The van der Waals surface area contributed by atoms with Crippen molar-refractivity contribution in [3.8, 4) is 0 Å². The molecule has 41 heavy (non-hydrogen) atoms. The molecule has 0 aliphatic heterocycles. The average molecular weight is 628 g/mol. The Balaban J connectivity index is 0.00000588. The Hall–Kier alpha value is -2.88. The predicted molar refractivity (Wildman–Crippen MR) is 139 cm³/mol. The van der Waals surface area contributed by atoms with E-state index in [2.05, 4.69) is 0 Å². The first kappa shape index (κ1) is 34.3. The van der Waals surface area contributed by atoms with Crippen LogP contribution in [0.1, 0.15) is 27.7 Å². The maximum atomic E-state index is 13.8. The third-order valence-corrected chi connectivity index (χ3v) is 7.88. The molecule has 1 aromatic rings. The van der Waals surface area contributed by atoms with E-state index in [4.69, 9.17) is 18.9 Å². The van der Waals surface area contributed by atoms with Gasteiger partial charge >= 0.3 is 24.2 Å². The molecule has 3 rings (SSSR count). The van der Waals surface area contributed by atoms with Crippen LogP contribution in [0.5, 0.6) is 0 Å². The lowest BCUT2D eigenvalue weighted by atomic mass is 9.79. The van der Waals surface area contributed by atoms with Crippen molar-refractivity contribution in [1.29, 1.82) is 0 Å². The van der Waals surface area contributed by atoms with E-state index in [1.165, 1.54) is 6.07 Å². The Labute approximate surface area is 244 Å². The zero-order chi connectivity index (χ0) is 29.9. The van der Waals surface area contributed by atoms with Crippen molar-refractivity contribution in [3.05, 3.63) is 29.8 Å². The molecule has 0 unspecified atom stereocenters. The molecule has 0 amide bonds. The number of thioether (sulfide) groups is 1. The van der Waals surface area contributed by atoms with Crippen molar-refractivity contribution in [3.63, 3.8) is 0 Å². The van der Waals surface area contributed by atoms with Crippen LogP contribution in [0.25, 0.3) is 0 Å². The maximum absolute atomic E-state index is 13.8. The van der Waals surface area contributed by atoms with Gasteiger partial charge in [-0.25, -0.2) is 23.3 Å². The highest BCUT2D eigenvalue weighted by molar-refractivity contribution is 7.99. The molecular weight excluding hydrogens is 596 g/mol. The van der Waals surface area contributed by atoms with E-state index in [0.29, 0.717) is 0 Å². The van der Waals surface area contributed by atoms with Crippen LogP contribution < -0.4 is 0 Å². The Morgan fingerprint density at radius 1 is 0.976 bits per heavy atom. The number of hydrogen-bond acceptors (Lipinski definition) is 11. The largest absolute Gasteiger partial charge is 0.509 e. The van der Waals surface area contributed by atoms with Gasteiger partial charge in [-0.1, -0.05) is 0 Å². The summed E-state index contributed by atoms with van der Waals surface area (Å²) in [4.78, 5) is 50.5. The third kappa shape index (κ3) is 7.31. The van der Waals surface area contributed by atoms with Crippen molar-refractivity contribution in [1.82, 2.24) is 4.90 Å². The van der Waals surface area contributed by atoms with E-state index in [-0.39, 0.29) is 23.1 Å². The number of aliphatic carboxylic acids is 2. The SMILES string of the molecule is CC(C)OC(=O)OCN(COC(=O)OC(C)C)[C@]1(C(=O)O)[C@@H]2[C@@H](C(=O)O)[C@@H]2[C@H](O)[C@H]1CSc1ccc(F)c(F)c1.Cl. The Bertz CT molecular complexity index is 1120. The Morgan fingerprint density at radius 3 is 1.95 bits per heavy atom. The Morgan fingerprint density at radius 2 is 1.51 bits per heavy atom. The van der Waals surface area contributed by atoms with E-state index in [1.807, 2.05) is 0 Å². The highest BCUT2D eigenvalue weighted by Gasteiger charge is 2.80. The molecule has 0 bridgehead atoms. The second-order valence-electron chi connectivity index (χ2n) is 10.0. The zero-order valence-corrected chi connectivity index (χ0v) is 24.2. The summed E-state index contributed by atoms with van der Waals surface area (Å²) < 4.78 is 47.2. The van der Waals surface area contributed by atoms with Gasteiger partial charge < -0.3 is 34.3 Å². The van der Waals surface area contributed by atoms with Gasteiger partial charge in [0.05, 0.1) is 24.2 Å². The molecule has 2 aliphatic carbocycles. The van der Waals surface area contributed by atoms with Crippen LogP contribution >= 0.6 is 24.2 Å². The lowest BCUT2D eigenvalue weighted by Gasteiger charge is -2.43. The number of carbonyl (C=O) groups is 4. The molecule has 2 fully saturated rings. The number of halogens is 3. The lowest BCUT2D eigenvalue weighted by molar-refractivity contribution is -0.174. The van der Waals surface area contributed by atoms with Gasteiger partial charge in [-0.3, -0.25) is 9.59 Å². The van der Waals surface area contributed by atoms with Gasteiger partial charge in [0.15, 0.2) is 25.1 Å². The fourth-order valence-corrected chi connectivity index (χ4v) is 6.42. The molecule has 2 saturated carbocycles. The topological polar surface area (TPSA) is 169 Å². The van der Waals surface area contributed by atoms with Crippen molar-refractivity contribution < 1.29 is 62.2 Å². The van der Waals surface area contributed by atoms with Crippen LogP contribution in [0.4, 0.5) is 18.4 Å². The molecule has 6 atom stereocenters. The van der Waals surface area contributed by atoms with Crippen LogP contribution in [0, 0.1) is 35.3 Å². The van der Waals surface area contributed by atoms with E-state index < -0.39 is 96.9 Å². The zero-order valence-electron chi connectivity index (χ0n) is 22.5. The minimum atomic E-state index is -2.23. The van der Waals surface area contributed by atoms with Crippen LogP contribution in [-0.4, -0.2) is 87.5 Å². The molecule has 12 nitrogen and oxygen atoms in total. The molecule has 0 radical (unpaired) electrons. The van der Waals surface area contributed by atoms with Crippen molar-refractivity contribution in [2.45, 2.75) is 56.4 Å². The number of aliphatic hydroxyl groups is 1. The molecule has 1 aromatic carbocycles. The first-order valence-corrected chi connectivity index (χ1v) is 13.3. The quantitative estimate of drug-likeness (QED) is 0.175. The molecule has 2 aliphatic rings. The highest BCUT2D eigenvalue weighted by atomic mass is 35.5. The molecule has 0 aromatic heterocycles. The molecule has 0 spiro atoms. The van der Waals surface area contributed by atoms with Crippen LogP contribution in [0.3, 0.4) is 0 Å².